The molecule has 35 heavy (non-hydrogen) atoms. The van der Waals surface area contributed by atoms with Gasteiger partial charge < -0.3 is 14.6 Å². The van der Waals surface area contributed by atoms with Crippen LogP contribution in [0, 0.1) is 0 Å². The maximum absolute atomic E-state index is 12.1. The number of hydrogen-bond acceptors (Lipinski definition) is 4. The van der Waals surface area contributed by atoms with Crippen molar-refractivity contribution in [1.82, 2.24) is 0 Å². The number of carboxylic acid groups (broad SMARTS) is 1. The summed E-state index contributed by atoms with van der Waals surface area (Å²) in [5.41, 5.74) is -0.0494. The molecule has 0 saturated heterocycles. The first kappa shape index (κ1) is 34.4. The number of ether oxygens (including phenoxy) is 1. The van der Waals surface area contributed by atoms with E-state index in [2.05, 4.69) is 6.92 Å². The largest absolute Gasteiger partial charge is 2.00 e. The van der Waals surface area contributed by atoms with Crippen LogP contribution in [-0.4, -0.2) is 56.3 Å². The zero-order valence-electron chi connectivity index (χ0n) is 22.5. The number of carbonyl (C=O) groups excluding carboxylic acids is 2. The summed E-state index contributed by atoms with van der Waals surface area (Å²) in [6.07, 6.45) is 26.6. The van der Waals surface area contributed by atoms with Gasteiger partial charge in [0.1, 0.15) is 0 Å². The van der Waals surface area contributed by atoms with Crippen molar-refractivity contribution in [2.75, 3.05) is 6.61 Å². The van der Waals surface area contributed by atoms with Gasteiger partial charge in [-0.05, 0) is 12.5 Å². The van der Waals surface area contributed by atoms with Gasteiger partial charge in [-0.25, -0.2) is 4.79 Å². The fourth-order valence-corrected chi connectivity index (χ4v) is 4.44. The maximum Gasteiger partial charge on any atom is 2.00 e. The first-order valence-corrected chi connectivity index (χ1v) is 14.1. The molecule has 0 fully saturated rings. The monoisotopic (exact) mass is 513 g/mol. The summed E-state index contributed by atoms with van der Waals surface area (Å²) >= 11 is 0. The Morgan fingerprint density at radius 3 is 1.31 bits per heavy atom. The fraction of sp³-hybridized carbons (Fsp3) is 0.733. The molecule has 1 aromatic rings. The SMILES string of the molecule is CCCCCCCCCCCCCCCCCCCCCCOC(=O)c1ccccc1C(=O)[O-].[Ca+2]. The molecule has 0 spiro atoms. The van der Waals surface area contributed by atoms with Crippen molar-refractivity contribution in [1.29, 1.82) is 0 Å². The molecule has 194 valence electrons. The van der Waals surface area contributed by atoms with E-state index in [1.807, 2.05) is 0 Å². The zero-order chi connectivity index (χ0) is 24.7. The molecule has 0 radical (unpaired) electrons. The number of rotatable bonds is 23. The second kappa shape index (κ2) is 25.1. The number of unbranched alkanes of at least 4 members (excludes halogenated alkanes) is 19. The Kier molecular flexibility index (Phi) is 24.7. The van der Waals surface area contributed by atoms with Crippen molar-refractivity contribution in [3.63, 3.8) is 0 Å². The molecule has 0 atom stereocenters. The van der Waals surface area contributed by atoms with Gasteiger partial charge in [-0.3, -0.25) is 0 Å². The van der Waals surface area contributed by atoms with Gasteiger partial charge in [-0.15, -0.1) is 0 Å². The van der Waals surface area contributed by atoms with Crippen LogP contribution in [0.2, 0.25) is 0 Å². The molecule has 0 N–H and O–H groups in total. The van der Waals surface area contributed by atoms with Crippen molar-refractivity contribution in [2.24, 2.45) is 0 Å². The summed E-state index contributed by atoms with van der Waals surface area (Å²) in [4.78, 5) is 23.1. The number of esters is 1. The number of carbonyl (C=O) groups is 2. The first-order chi connectivity index (χ1) is 16.7. The molecule has 0 amide bonds. The molecule has 0 bridgehead atoms. The molecule has 0 unspecified atom stereocenters. The van der Waals surface area contributed by atoms with E-state index in [1.54, 1.807) is 12.1 Å². The second-order valence-corrected chi connectivity index (χ2v) is 9.69. The van der Waals surface area contributed by atoms with Crippen LogP contribution in [-0.2, 0) is 4.74 Å². The molecule has 1 rings (SSSR count). The van der Waals surface area contributed by atoms with Crippen LogP contribution in [0.25, 0.3) is 0 Å². The predicted molar refractivity (Wildman–Crippen MR) is 145 cm³/mol. The molecule has 1 aromatic carbocycles. The first-order valence-electron chi connectivity index (χ1n) is 14.1. The number of carboxylic acids is 1. The van der Waals surface area contributed by atoms with E-state index in [0.29, 0.717) is 6.61 Å². The Labute approximate surface area is 245 Å². The summed E-state index contributed by atoms with van der Waals surface area (Å²) in [7, 11) is 0. The molecule has 0 aliphatic rings. The summed E-state index contributed by atoms with van der Waals surface area (Å²) in [6, 6.07) is 6.02. The molecule has 0 saturated carbocycles. The molecule has 0 aliphatic carbocycles. The standard InChI is InChI=1S/C30H50O4.Ca/c1-2-3-4-5-6-7-8-9-10-11-12-13-14-15-16-17-18-19-20-23-26-34-30(33)28-25-22-21-24-27(28)29(31)32;/h21-22,24-25H,2-20,23,26H2,1H3,(H,31,32);/q;+2/p-1. The van der Waals surface area contributed by atoms with Crippen LogP contribution in [0.3, 0.4) is 0 Å². The van der Waals surface area contributed by atoms with Crippen molar-refractivity contribution < 1.29 is 19.4 Å². The average molecular weight is 514 g/mol. The smallest absolute Gasteiger partial charge is 0.545 e. The van der Waals surface area contributed by atoms with Gasteiger partial charge in [-0.2, -0.15) is 0 Å². The van der Waals surface area contributed by atoms with E-state index in [4.69, 9.17) is 4.74 Å². The minimum Gasteiger partial charge on any atom is -0.545 e. The summed E-state index contributed by atoms with van der Waals surface area (Å²) in [6.45, 7) is 2.61. The van der Waals surface area contributed by atoms with Crippen LogP contribution < -0.4 is 5.11 Å². The van der Waals surface area contributed by atoms with Gasteiger partial charge in [0, 0.05) is 5.56 Å². The van der Waals surface area contributed by atoms with E-state index < -0.39 is 11.9 Å². The Hall–Kier alpha value is -0.580. The van der Waals surface area contributed by atoms with Crippen LogP contribution in [0.4, 0.5) is 0 Å². The second-order valence-electron chi connectivity index (χ2n) is 9.69. The van der Waals surface area contributed by atoms with Gasteiger partial charge in [0.2, 0.25) is 0 Å². The van der Waals surface area contributed by atoms with Gasteiger partial charge in [0.05, 0.1) is 18.1 Å². The molecule has 0 aliphatic heterocycles. The Morgan fingerprint density at radius 2 is 0.943 bits per heavy atom. The predicted octanol–water partition coefficient (Wildman–Crippen LogP) is 7.65. The number of benzene rings is 1. The normalized spacial score (nSPS) is 10.7. The fourth-order valence-electron chi connectivity index (χ4n) is 4.44. The van der Waals surface area contributed by atoms with E-state index in [1.165, 1.54) is 121 Å². The molecule has 0 heterocycles. The van der Waals surface area contributed by atoms with E-state index in [-0.39, 0.29) is 48.9 Å². The van der Waals surface area contributed by atoms with Gasteiger partial charge in [-0.1, -0.05) is 147 Å². The third kappa shape index (κ3) is 19.2. The number of hydrogen-bond donors (Lipinski definition) is 0. The summed E-state index contributed by atoms with van der Waals surface area (Å²) in [5, 5.41) is 11.1. The zero-order valence-corrected chi connectivity index (χ0v) is 24.7. The van der Waals surface area contributed by atoms with Crippen molar-refractivity contribution in [3.05, 3.63) is 35.4 Å². The van der Waals surface area contributed by atoms with E-state index in [9.17, 15) is 14.7 Å². The van der Waals surface area contributed by atoms with Gasteiger partial charge >= 0.3 is 43.7 Å². The van der Waals surface area contributed by atoms with Crippen LogP contribution in [0.5, 0.6) is 0 Å². The minimum absolute atomic E-state index is 0. The summed E-state index contributed by atoms with van der Waals surface area (Å²) < 4.78 is 5.23. The quantitative estimate of drug-likeness (QED) is 0.0856. The molecule has 0 aromatic heterocycles. The van der Waals surface area contributed by atoms with Crippen LogP contribution in [0.15, 0.2) is 24.3 Å². The number of aromatic carboxylic acids is 1. The van der Waals surface area contributed by atoms with Gasteiger partial charge in [0.15, 0.2) is 0 Å². The van der Waals surface area contributed by atoms with Crippen molar-refractivity contribution in [3.8, 4) is 0 Å². The molecular formula is C30H49CaO4+. The third-order valence-corrected chi connectivity index (χ3v) is 6.60. The third-order valence-electron chi connectivity index (χ3n) is 6.60. The Morgan fingerprint density at radius 1 is 0.600 bits per heavy atom. The van der Waals surface area contributed by atoms with Crippen LogP contribution >= 0.6 is 0 Å². The maximum atomic E-state index is 12.1. The molecular weight excluding hydrogens is 464 g/mol. The molecule has 4 nitrogen and oxygen atoms in total. The topological polar surface area (TPSA) is 66.4 Å². The van der Waals surface area contributed by atoms with E-state index in [0.717, 1.165) is 19.3 Å². The van der Waals surface area contributed by atoms with Crippen molar-refractivity contribution in [2.45, 2.75) is 135 Å². The molecule has 5 heteroatoms. The Bertz CT molecular complexity index is 647. The van der Waals surface area contributed by atoms with E-state index >= 15 is 0 Å². The average Bonchev–Trinajstić information content (AvgIpc) is 2.84. The summed E-state index contributed by atoms with van der Waals surface area (Å²) in [5.74, 6) is -1.94. The van der Waals surface area contributed by atoms with Crippen LogP contribution in [0.1, 0.15) is 156 Å². The Balaban J connectivity index is 0.0000116. The van der Waals surface area contributed by atoms with Crippen molar-refractivity contribution >= 4 is 49.7 Å². The minimum atomic E-state index is -1.36. The van der Waals surface area contributed by atoms with Gasteiger partial charge in [0.25, 0.3) is 0 Å².